The van der Waals surface area contributed by atoms with Crippen molar-refractivity contribution >= 4 is 31.8 Å². The fourth-order valence-corrected chi connectivity index (χ4v) is 3.45. The average molecular weight is 367 g/mol. The molecular weight excluding hydrogens is 350 g/mol. The normalized spacial score (nSPS) is 12.1. The van der Waals surface area contributed by atoms with Crippen LogP contribution in [0.4, 0.5) is 0 Å². The van der Waals surface area contributed by atoms with Gasteiger partial charge in [0.2, 0.25) is 0 Å². The van der Waals surface area contributed by atoms with Gasteiger partial charge in [0, 0.05) is 23.2 Å². The first-order valence-electron chi connectivity index (χ1n) is 8.02. The number of rotatable bonds is 3. The van der Waals surface area contributed by atoms with E-state index in [2.05, 4.69) is 41.0 Å². The number of aromatic nitrogens is 4. The van der Waals surface area contributed by atoms with Gasteiger partial charge in [-0.1, -0.05) is 6.07 Å². The lowest BCUT2D eigenvalue weighted by atomic mass is 10.0. The van der Waals surface area contributed by atoms with Crippen LogP contribution in [0.3, 0.4) is 0 Å². The Morgan fingerprint density at radius 2 is 1.81 bits per heavy atom. The molecule has 3 heterocycles. The van der Waals surface area contributed by atoms with Gasteiger partial charge in [-0.2, -0.15) is 5.10 Å². The van der Waals surface area contributed by atoms with Crippen LogP contribution >= 0.6 is 0 Å². The fourth-order valence-electron chi connectivity index (χ4n) is 2.99. The van der Waals surface area contributed by atoms with Crippen molar-refractivity contribution in [1.82, 2.24) is 19.7 Å². The molecule has 132 valence electrons. The molecule has 0 amide bonds. The Kier molecular flexibility index (Phi) is 3.74. The average Bonchev–Trinajstić information content (AvgIpc) is 2.99. The van der Waals surface area contributed by atoms with Crippen molar-refractivity contribution in [2.24, 2.45) is 5.14 Å². The first kappa shape index (κ1) is 16.6. The molecule has 4 aromatic rings. The summed E-state index contributed by atoms with van der Waals surface area (Å²) >= 11 is 0. The second kappa shape index (κ2) is 5.86. The fraction of sp³-hybridized carbons (Fsp3) is 0.167. The van der Waals surface area contributed by atoms with Gasteiger partial charge in [-0.15, -0.1) is 0 Å². The molecule has 0 aliphatic rings. The molecule has 4 rings (SSSR count). The van der Waals surface area contributed by atoms with Crippen LogP contribution in [0.2, 0.25) is 0 Å². The summed E-state index contributed by atoms with van der Waals surface area (Å²) in [5.41, 5.74) is 5.13. The zero-order chi connectivity index (χ0) is 18.5. The molecule has 0 aliphatic heterocycles. The minimum Gasteiger partial charge on any atom is -0.260 e. The molecule has 0 bridgehead atoms. The van der Waals surface area contributed by atoms with Gasteiger partial charge in [0.25, 0.3) is 10.0 Å². The Labute approximate surface area is 150 Å². The third-order valence-corrected chi connectivity index (χ3v) is 5.32. The summed E-state index contributed by atoms with van der Waals surface area (Å²) < 4.78 is 24.5. The van der Waals surface area contributed by atoms with Crippen molar-refractivity contribution in [3.63, 3.8) is 0 Å². The number of fused-ring (bicyclic) bond motifs is 3. The summed E-state index contributed by atoms with van der Waals surface area (Å²) in [7, 11) is -3.80. The Hall–Kier alpha value is -2.84. The molecule has 0 unspecified atom stereocenters. The van der Waals surface area contributed by atoms with Gasteiger partial charge < -0.3 is 0 Å². The van der Waals surface area contributed by atoms with E-state index in [1.54, 1.807) is 12.3 Å². The van der Waals surface area contributed by atoms with Crippen LogP contribution in [0.1, 0.15) is 16.7 Å². The minimum absolute atomic E-state index is 0.146. The Morgan fingerprint density at radius 3 is 2.50 bits per heavy atom. The molecule has 8 heteroatoms. The van der Waals surface area contributed by atoms with Crippen LogP contribution in [0.5, 0.6) is 0 Å². The van der Waals surface area contributed by atoms with Gasteiger partial charge in [0.05, 0.1) is 23.8 Å². The van der Waals surface area contributed by atoms with Crippen LogP contribution in [-0.2, 0) is 16.6 Å². The maximum atomic E-state index is 11.3. The largest absolute Gasteiger partial charge is 0.260 e. The number of nitrogens with zero attached hydrogens (tertiary/aromatic N) is 4. The van der Waals surface area contributed by atoms with E-state index in [4.69, 9.17) is 5.14 Å². The number of pyridine rings is 2. The number of benzene rings is 1. The second-order valence-corrected chi connectivity index (χ2v) is 7.88. The monoisotopic (exact) mass is 367 g/mol. The van der Waals surface area contributed by atoms with Crippen molar-refractivity contribution in [1.29, 1.82) is 0 Å². The minimum atomic E-state index is -3.80. The van der Waals surface area contributed by atoms with Crippen molar-refractivity contribution in [3.8, 4) is 0 Å². The topological polar surface area (TPSA) is 104 Å². The summed E-state index contributed by atoms with van der Waals surface area (Å²) in [4.78, 5) is 8.46. The summed E-state index contributed by atoms with van der Waals surface area (Å²) in [6, 6.07) is 7.30. The van der Waals surface area contributed by atoms with Crippen LogP contribution in [-0.4, -0.2) is 28.2 Å². The van der Waals surface area contributed by atoms with E-state index in [-0.39, 0.29) is 5.03 Å². The van der Waals surface area contributed by atoms with Gasteiger partial charge in [0.15, 0.2) is 5.03 Å². The molecule has 0 aliphatic carbocycles. The quantitative estimate of drug-likeness (QED) is 0.598. The predicted octanol–water partition coefficient (Wildman–Crippen LogP) is 2.29. The number of nitrogens with two attached hydrogens (primary N) is 1. The third-order valence-electron chi connectivity index (χ3n) is 4.50. The van der Waals surface area contributed by atoms with Gasteiger partial charge in [-0.05, 0) is 48.7 Å². The highest BCUT2D eigenvalue weighted by Crippen LogP contribution is 2.26. The summed E-state index contributed by atoms with van der Waals surface area (Å²) in [6.07, 6.45) is 5.10. The summed E-state index contributed by atoms with van der Waals surface area (Å²) in [5.74, 6) is 0. The number of primary sulfonamides is 1. The van der Waals surface area contributed by atoms with Crippen LogP contribution < -0.4 is 5.14 Å². The van der Waals surface area contributed by atoms with E-state index in [0.717, 1.165) is 27.4 Å². The third kappa shape index (κ3) is 2.83. The molecule has 0 spiro atoms. The second-order valence-electron chi connectivity index (χ2n) is 6.37. The molecule has 0 saturated heterocycles. The van der Waals surface area contributed by atoms with E-state index in [0.29, 0.717) is 6.54 Å². The Morgan fingerprint density at radius 1 is 1.04 bits per heavy atom. The highest BCUT2D eigenvalue weighted by Gasteiger charge is 2.12. The van der Waals surface area contributed by atoms with Gasteiger partial charge in [-0.3, -0.25) is 9.67 Å². The first-order valence-corrected chi connectivity index (χ1v) is 9.57. The molecule has 0 fully saturated rings. The van der Waals surface area contributed by atoms with Gasteiger partial charge >= 0.3 is 0 Å². The first-order chi connectivity index (χ1) is 12.3. The molecule has 0 radical (unpaired) electrons. The number of sulfonamides is 1. The Bertz CT molecular complexity index is 1240. The summed E-state index contributed by atoms with van der Waals surface area (Å²) in [6.45, 7) is 4.61. The highest BCUT2D eigenvalue weighted by atomic mass is 32.2. The van der Waals surface area contributed by atoms with Gasteiger partial charge in [-0.25, -0.2) is 18.5 Å². The van der Waals surface area contributed by atoms with E-state index < -0.39 is 10.0 Å². The predicted molar refractivity (Wildman–Crippen MR) is 99.2 cm³/mol. The van der Waals surface area contributed by atoms with Gasteiger partial charge in [0.1, 0.15) is 0 Å². The molecular formula is C18H17N5O2S. The summed E-state index contributed by atoms with van der Waals surface area (Å²) in [5, 5.41) is 11.4. The standard InChI is InChI=1S/C18H17N5O2S/c1-11-5-15-16(6-12(11)2)20-8-14-9-22-23(18(14)15)10-13-3-4-17(21-7-13)26(19,24)25/h3-9H,10H2,1-2H3,(H2,19,24,25). The van der Waals surface area contributed by atoms with E-state index in [9.17, 15) is 8.42 Å². The molecule has 0 saturated carbocycles. The van der Waals surface area contributed by atoms with E-state index >= 15 is 0 Å². The van der Waals surface area contributed by atoms with E-state index in [1.165, 1.54) is 23.4 Å². The van der Waals surface area contributed by atoms with Crippen molar-refractivity contribution in [2.75, 3.05) is 0 Å². The molecule has 0 atom stereocenters. The molecule has 2 N–H and O–H groups in total. The highest BCUT2D eigenvalue weighted by molar-refractivity contribution is 7.89. The lowest BCUT2D eigenvalue weighted by molar-refractivity contribution is 0.593. The van der Waals surface area contributed by atoms with Crippen LogP contribution in [0, 0.1) is 13.8 Å². The maximum Gasteiger partial charge on any atom is 0.255 e. The van der Waals surface area contributed by atoms with Crippen molar-refractivity contribution in [2.45, 2.75) is 25.4 Å². The SMILES string of the molecule is Cc1cc2ncc3cnn(Cc4ccc(S(N)(=O)=O)nc4)c3c2cc1C. The van der Waals surface area contributed by atoms with Crippen LogP contribution in [0.15, 0.2) is 47.9 Å². The maximum absolute atomic E-state index is 11.3. The van der Waals surface area contributed by atoms with E-state index in [1.807, 2.05) is 10.9 Å². The Balaban J connectivity index is 1.82. The number of hydrogen-bond acceptors (Lipinski definition) is 5. The van der Waals surface area contributed by atoms with Crippen LogP contribution in [0.25, 0.3) is 21.8 Å². The van der Waals surface area contributed by atoms with Crippen molar-refractivity contribution < 1.29 is 8.42 Å². The number of aryl methyl sites for hydroxylation is 2. The smallest absolute Gasteiger partial charge is 0.255 e. The zero-order valence-corrected chi connectivity index (χ0v) is 15.2. The number of hydrogen-bond donors (Lipinski definition) is 1. The molecule has 3 aromatic heterocycles. The lowest BCUT2D eigenvalue weighted by Gasteiger charge is -2.08. The lowest BCUT2D eigenvalue weighted by Crippen LogP contribution is -2.14. The zero-order valence-electron chi connectivity index (χ0n) is 14.3. The molecule has 1 aromatic carbocycles. The van der Waals surface area contributed by atoms with Crippen molar-refractivity contribution in [3.05, 3.63) is 59.5 Å². The molecule has 26 heavy (non-hydrogen) atoms. The molecule has 7 nitrogen and oxygen atoms in total.